The van der Waals surface area contributed by atoms with Crippen LogP contribution in [0.5, 0.6) is 0 Å². The van der Waals surface area contributed by atoms with Crippen molar-refractivity contribution in [3.63, 3.8) is 0 Å². The van der Waals surface area contributed by atoms with Gasteiger partial charge in [-0.2, -0.15) is 0 Å². The Morgan fingerprint density at radius 3 is 2.75 bits per heavy atom. The van der Waals surface area contributed by atoms with Gasteiger partial charge in [0.2, 0.25) is 0 Å². The number of hydrogen-bond donors (Lipinski definition) is 0. The van der Waals surface area contributed by atoms with E-state index in [0.717, 1.165) is 10.1 Å². The largest absolute Gasteiger partial charge is 0.337 e. The number of amides is 1. The van der Waals surface area contributed by atoms with E-state index in [4.69, 9.17) is 0 Å². The molecule has 3 rings (SSSR count). The van der Waals surface area contributed by atoms with Crippen molar-refractivity contribution < 1.29 is 13.2 Å². The molecule has 20 heavy (non-hydrogen) atoms. The first kappa shape index (κ1) is 13.6. The van der Waals surface area contributed by atoms with Crippen LogP contribution in [0.3, 0.4) is 0 Å². The molecule has 0 N–H and O–H groups in total. The number of hydrogen-bond acceptors (Lipinski definition) is 4. The fourth-order valence-electron chi connectivity index (χ4n) is 2.51. The molecular weight excluding hydrogens is 294 g/mol. The van der Waals surface area contributed by atoms with Crippen LogP contribution in [0.4, 0.5) is 0 Å². The van der Waals surface area contributed by atoms with Crippen LogP contribution in [0.2, 0.25) is 0 Å². The topological polar surface area (TPSA) is 54.5 Å². The molecule has 0 saturated carbocycles. The lowest BCUT2D eigenvalue weighted by atomic mass is 10.2. The normalized spacial score (nSPS) is 21.1. The third kappa shape index (κ3) is 2.45. The SMILES string of the molecule is CN(C(=O)c1cc2ccccc2s1)[C@H]1CCS(=O)(=O)C1. The molecule has 1 aliphatic heterocycles. The maximum Gasteiger partial charge on any atom is 0.263 e. The molecular formula is C14H15NO3S2. The Morgan fingerprint density at radius 2 is 2.10 bits per heavy atom. The zero-order valence-electron chi connectivity index (χ0n) is 11.1. The Morgan fingerprint density at radius 1 is 1.35 bits per heavy atom. The zero-order chi connectivity index (χ0) is 14.3. The quantitative estimate of drug-likeness (QED) is 0.854. The van der Waals surface area contributed by atoms with Gasteiger partial charge in [-0.15, -0.1) is 11.3 Å². The van der Waals surface area contributed by atoms with Gasteiger partial charge in [-0.3, -0.25) is 4.79 Å². The van der Waals surface area contributed by atoms with Gasteiger partial charge in [0.25, 0.3) is 5.91 Å². The Bertz CT molecular complexity index is 731. The second-order valence-corrected chi connectivity index (χ2v) is 8.43. The minimum atomic E-state index is -2.97. The van der Waals surface area contributed by atoms with Crippen molar-refractivity contribution in [3.8, 4) is 0 Å². The zero-order valence-corrected chi connectivity index (χ0v) is 12.7. The molecule has 6 heteroatoms. The van der Waals surface area contributed by atoms with E-state index >= 15 is 0 Å². The molecule has 1 aromatic carbocycles. The molecule has 2 heterocycles. The van der Waals surface area contributed by atoms with Crippen LogP contribution in [0.15, 0.2) is 30.3 Å². The maximum atomic E-state index is 12.5. The second-order valence-electron chi connectivity index (χ2n) is 5.12. The van der Waals surface area contributed by atoms with E-state index < -0.39 is 9.84 Å². The predicted octanol–water partition coefficient (Wildman–Crippen LogP) is 2.16. The van der Waals surface area contributed by atoms with E-state index in [-0.39, 0.29) is 23.5 Å². The highest BCUT2D eigenvalue weighted by atomic mass is 32.2. The number of carbonyl (C=O) groups is 1. The number of benzene rings is 1. The summed E-state index contributed by atoms with van der Waals surface area (Å²) in [4.78, 5) is 14.7. The first-order valence-electron chi connectivity index (χ1n) is 6.42. The van der Waals surface area contributed by atoms with Crippen molar-refractivity contribution in [1.29, 1.82) is 0 Å². The molecule has 0 spiro atoms. The Kier molecular flexibility index (Phi) is 3.30. The van der Waals surface area contributed by atoms with Gasteiger partial charge in [-0.05, 0) is 23.9 Å². The fraction of sp³-hybridized carbons (Fsp3) is 0.357. The third-order valence-electron chi connectivity index (χ3n) is 3.71. The summed E-state index contributed by atoms with van der Waals surface area (Å²) in [6.45, 7) is 0. The lowest BCUT2D eigenvalue weighted by Gasteiger charge is -2.22. The van der Waals surface area contributed by atoms with Crippen LogP contribution in [-0.2, 0) is 9.84 Å². The Labute approximate surface area is 121 Å². The summed E-state index contributed by atoms with van der Waals surface area (Å²) in [6, 6.07) is 9.52. The van der Waals surface area contributed by atoms with Crippen LogP contribution in [-0.4, -0.2) is 43.8 Å². The van der Waals surface area contributed by atoms with Crippen LogP contribution >= 0.6 is 11.3 Å². The molecule has 1 aliphatic rings. The number of fused-ring (bicyclic) bond motifs is 1. The van der Waals surface area contributed by atoms with E-state index in [1.165, 1.54) is 11.3 Å². The molecule has 106 valence electrons. The number of nitrogens with zero attached hydrogens (tertiary/aromatic N) is 1. The molecule has 1 fully saturated rings. The number of rotatable bonds is 2. The monoisotopic (exact) mass is 309 g/mol. The summed E-state index contributed by atoms with van der Waals surface area (Å²) in [6.07, 6.45) is 0.537. The van der Waals surface area contributed by atoms with E-state index in [2.05, 4.69) is 0 Å². The lowest BCUT2D eigenvalue weighted by Crippen LogP contribution is -2.37. The molecule has 2 aromatic rings. The minimum absolute atomic E-state index is 0.0835. The van der Waals surface area contributed by atoms with Gasteiger partial charge in [0.15, 0.2) is 9.84 Å². The van der Waals surface area contributed by atoms with Crippen molar-refractivity contribution in [1.82, 2.24) is 4.90 Å². The van der Waals surface area contributed by atoms with E-state index in [0.29, 0.717) is 11.3 Å². The Balaban J connectivity index is 1.85. The standard InChI is InChI=1S/C14H15NO3S2/c1-15(11-6-7-20(17,18)9-11)14(16)13-8-10-4-2-3-5-12(10)19-13/h2-5,8,11H,6-7,9H2,1H3/t11-/m0/s1. The molecule has 0 aliphatic carbocycles. The first-order valence-corrected chi connectivity index (χ1v) is 9.06. The van der Waals surface area contributed by atoms with Gasteiger partial charge >= 0.3 is 0 Å². The predicted molar refractivity (Wildman–Crippen MR) is 81.0 cm³/mol. The highest BCUT2D eigenvalue weighted by Crippen LogP contribution is 2.27. The number of thiophene rings is 1. The van der Waals surface area contributed by atoms with Crippen molar-refractivity contribution in [2.75, 3.05) is 18.6 Å². The van der Waals surface area contributed by atoms with Crippen molar-refractivity contribution in [2.45, 2.75) is 12.5 Å². The fourth-order valence-corrected chi connectivity index (χ4v) is 5.33. The molecule has 1 saturated heterocycles. The highest BCUT2D eigenvalue weighted by Gasteiger charge is 2.33. The van der Waals surface area contributed by atoms with Crippen LogP contribution in [0.25, 0.3) is 10.1 Å². The number of sulfone groups is 1. The summed E-state index contributed by atoms with van der Waals surface area (Å²) < 4.78 is 24.1. The van der Waals surface area contributed by atoms with Crippen molar-refractivity contribution in [3.05, 3.63) is 35.2 Å². The summed E-state index contributed by atoms with van der Waals surface area (Å²) in [5, 5.41) is 1.05. The molecule has 1 amide bonds. The van der Waals surface area contributed by atoms with Gasteiger partial charge < -0.3 is 4.90 Å². The summed E-state index contributed by atoms with van der Waals surface area (Å²) in [7, 11) is -1.28. The highest BCUT2D eigenvalue weighted by molar-refractivity contribution is 7.91. The first-order chi connectivity index (χ1) is 9.46. The maximum absolute atomic E-state index is 12.5. The van der Waals surface area contributed by atoms with Crippen LogP contribution in [0.1, 0.15) is 16.1 Å². The van der Waals surface area contributed by atoms with E-state index in [9.17, 15) is 13.2 Å². The molecule has 0 radical (unpaired) electrons. The molecule has 1 atom stereocenters. The van der Waals surface area contributed by atoms with E-state index in [1.54, 1.807) is 11.9 Å². The molecule has 0 bridgehead atoms. The molecule has 1 aromatic heterocycles. The van der Waals surface area contributed by atoms with Gasteiger partial charge in [-0.1, -0.05) is 18.2 Å². The van der Waals surface area contributed by atoms with Crippen LogP contribution in [0, 0.1) is 0 Å². The van der Waals surface area contributed by atoms with Gasteiger partial charge in [0, 0.05) is 17.8 Å². The minimum Gasteiger partial charge on any atom is -0.337 e. The van der Waals surface area contributed by atoms with Crippen molar-refractivity contribution >= 4 is 37.2 Å². The summed E-state index contributed by atoms with van der Waals surface area (Å²) in [5.41, 5.74) is 0. The smallest absolute Gasteiger partial charge is 0.263 e. The third-order valence-corrected chi connectivity index (χ3v) is 6.57. The Hall–Kier alpha value is -1.40. The van der Waals surface area contributed by atoms with E-state index in [1.807, 2.05) is 30.3 Å². The summed E-state index contributed by atoms with van der Waals surface area (Å²) >= 11 is 1.45. The molecule has 0 unspecified atom stereocenters. The lowest BCUT2D eigenvalue weighted by molar-refractivity contribution is 0.0752. The van der Waals surface area contributed by atoms with Crippen molar-refractivity contribution in [2.24, 2.45) is 0 Å². The number of carbonyl (C=O) groups excluding carboxylic acids is 1. The molecule has 4 nitrogen and oxygen atoms in total. The van der Waals surface area contributed by atoms with Gasteiger partial charge in [0.1, 0.15) is 0 Å². The van der Waals surface area contributed by atoms with Crippen LogP contribution < -0.4 is 0 Å². The van der Waals surface area contributed by atoms with Gasteiger partial charge in [-0.25, -0.2) is 8.42 Å². The second kappa shape index (κ2) is 4.86. The average molecular weight is 309 g/mol. The summed E-state index contributed by atoms with van der Waals surface area (Å²) in [5.74, 6) is 0.176. The van der Waals surface area contributed by atoms with Gasteiger partial charge in [0.05, 0.1) is 16.4 Å². The average Bonchev–Trinajstić information content (AvgIpc) is 3.00.